The number of hydrogen-bond donors (Lipinski definition) is 3. The molecule has 0 aliphatic heterocycles. The van der Waals surface area contributed by atoms with Crippen LogP contribution < -0.4 is 9.46 Å². The molecule has 4 aliphatic carbocycles. The van der Waals surface area contributed by atoms with Crippen molar-refractivity contribution in [2.75, 3.05) is 6.61 Å². The molecule has 0 aromatic heterocycles. The van der Waals surface area contributed by atoms with Crippen LogP contribution in [0.2, 0.25) is 0 Å². The second kappa shape index (κ2) is 11.3. The van der Waals surface area contributed by atoms with Crippen molar-refractivity contribution in [3.8, 4) is 5.75 Å². The van der Waals surface area contributed by atoms with Crippen LogP contribution in [0, 0.1) is 46.3 Å². The van der Waals surface area contributed by atoms with Crippen LogP contribution >= 0.6 is 0 Å². The fourth-order valence-electron chi connectivity index (χ4n) is 9.67. The van der Waals surface area contributed by atoms with Gasteiger partial charge in [-0.3, -0.25) is 0 Å². The van der Waals surface area contributed by atoms with E-state index in [4.69, 9.17) is 9.47 Å². The Morgan fingerprint density at radius 1 is 0.976 bits per heavy atom. The average molecular weight is 592 g/mol. The van der Waals surface area contributed by atoms with Gasteiger partial charge in [0, 0.05) is 0 Å². The van der Waals surface area contributed by atoms with Gasteiger partial charge in [-0.15, -0.1) is 0 Å². The van der Waals surface area contributed by atoms with E-state index in [1.165, 1.54) is 12.1 Å². The molecule has 0 spiro atoms. The summed E-state index contributed by atoms with van der Waals surface area (Å²) in [5, 5.41) is 21.8. The monoisotopic (exact) mass is 591 g/mol. The normalized spacial score (nSPS) is 39.3. The van der Waals surface area contributed by atoms with E-state index in [-0.39, 0.29) is 52.5 Å². The number of nitrogens with one attached hydrogen (secondary N) is 1. The largest absolute Gasteiger partial charge is 0.491 e. The summed E-state index contributed by atoms with van der Waals surface area (Å²) in [6.45, 7) is 10.8. The van der Waals surface area contributed by atoms with Gasteiger partial charge in [0.05, 0.1) is 29.8 Å². The van der Waals surface area contributed by atoms with Gasteiger partial charge in [-0.2, -0.15) is 0 Å². The average Bonchev–Trinajstić information content (AvgIpc) is 3.25. The zero-order chi connectivity index (χ0) is 29.7. The topological polar surface area (TPSA) is 122 Å². The molecule has 5 rings (SSSR count). The van der Waals surface area contributed by atoms with Crippen molar-refractivity contribution in [3.63, 3.8) is 0 Å². The van der Waals surface area contributed by atoms with E-state index in [0.29, 0.717) is 29.4 Å². The van der Waals surface area contributed by atoms with Gasteiger partial charge in [0.15, 0.2) is 0 Å². The number of carbonyl (C=O) groups is 1. The second-order valence-corrected chi connectivity index (χ2v) is 16.0. The minimum Gasteiger partial charge on any atom is -0.491 e. The number of ether oxygens (including phenoxy) is 2. The van der Waals surface area contributed by atoms with Crippen molar-refractivity contribution in [2.24, 2.45) is 46.3 Å². The van der Waals surface area contributed by atoms with E-state index < -0.39 is 16.1 Å². The maximum Gasteiger partial charge on any atom is 0.421 e. The zero-order valence-corrected chi connectivity index (χ0v) is 26.0. The number of sulfonamides is 1. The van der Waals surface area contributed by atoms with Gasteiger partial charge in [-0.25, -0.2) is 17.9 Å². The molecule has 8 nitrogen and oxygen atoms in total. The lowest BCUT2D eigenvalue weighted by Crippen LogP contribution is -2.58. The third-order valence-corrected chi connectivity index (χ3v) is 12.9. The predicted molar refractivity (Wildman–Crippen MR) is 156 cm³/mol. The third-order valence-electron chi connectivity index (χ3n) is 11.6. The standard InChI is InChI=1S/C32H49NO7S/c1-19(2)40-23-6-8-24(9-7-23)41(37,38)33-30(36)39-18-20(3)25-10-11-26-29-27(13-15-32(25,26)5)31(4)14-12-22(34)16-21(31)17-28(29)35/h6-9,19-22,25-29,34-35H,10-18H2,1-5H3,(H,33,36)/t20-,21+,22-,25-,26+,27+,28-,29+,31+,32-/m1/s1. The van der Waals surface area contributed by atoms with Gasteiger partial charge in [-0.1, -0.05) is 20.8 Å². The molecule has 41 heavy (non-hydrogen) atoms. The van der Waals surface area contributed by atoms with Crippen LogP contribution in [-0.4, -0.2) is 49.6 Å². The number of aliphatic hydroxyl groups is 2. The summed E-state index contributed by atoms with van der Waals surface area (Å²) in [6, 6.07) is 5.94. The summed E-state index contributed by atoms with van der Waals surface area (Å²) in [6.07, 6.45) is 6.18. The molecule has 1 aromatic rings. The maximum absolute atomic E-state index is 12.7. The van der Waals surface area contributed by atoms with Crippen molar-refractivity contribution in [2.45, 2.75) is 109 Å². The summed E-state index contributed by atoms with van der Waals surface area (Å²) < 4.78 is 38.5. The van der Waals surface area contributed by atoms with Crippen molar-refractivity contribution in [1.82, 2.24) is 4.72 Å². The number of benzene rings is 1. The Balaban J connectivity index is 1.20. The van der Waals surface area contributed by atoms with Crippen LogP contribution in [0.3, 0.4) is 0 Å². The Morgan fingerprint density at radius 2 is 1.63 bits per heavy atom. The van der Waals surface area contributed by atoms with Gasteiger partial charge >= 0.3 is 6.09 Å². The van der Waals surface area contributed by atoms with Crippen LogP contribution in [0.4, 0.5) is 4.79 Å². The summed E-state index contributed by atoms with van der Waals surface area (Å²) in [5.41, 5.74) is 0.229. The van der Waals surface area contributed by atoms with Crippen molar-refractivity contribution < 1.29 is 32.9 Å². The minimum atomic E-state index is -4.06. The van der Waals surface area contributed by atoms with Crippen molar-refractivity contribution in [1.29, 1.82) is 0 Å². The van der Waals surface area contributed by atoms with E-state index in [9.17, 15) is 23.4 Å². The summed E-state index contributed by atoms with van der Waals surface area (Å²) in [5.74, 6) is 2.51. The minimum absolute atomic E-state index is 0.0315. The van der Waals surface area contributed by atoms with Crippen molar-refractivity contribution >= 4 is 16.1 Å². The SMILES string of the molecule is CC(C)Oc1ccc(S(=O)(=O)NC(=O)OC[C@@H](C)[C@H]2CC[C@H]3[C@@H]4[C@H](O)C[C@@H]5C[C@H](O)CC[C@]5(C)[C@H]4CC[C@]23C)cc1. The Labute approximate surface area is 245 Å². The number of hydrogen-bond acceptors (Lipinski definition) is 7. The first-order valence-electron chi connectivity index (χ1n) is 15.6. The highest BCUT2D eigenvalue weighted by Crippen LogP contribution is 2.68. The first-order chi connectivity index (χ1) is 19.2. The highest BCUT2D eigenvalue weighted by molar-refractivity contribution is 7.90. The van der Waals surface area contributed by atoms with Crippen LogP contribution in [0.15, 0.2) is 29.2 Å². The van der Waals surface area contributed by atoms with Gasteiger partial charge in [-0.05, 0) is 136 Å². The molecular weight excluding hydrogens is 542 g/mol. The van der Waals surface area contributed by atoms with Gasteiger partial charge in [0.25, 0.3) is 10.0 Å². The number of amides is 1. The molecule has 230 valence electrons. The molecule has 0 heterocycles. The predicted octanol–water partition coefficient (Wildman–Crippen LogP) is 5.52. The number of fused-ring (bicyclic) bond motifs is 5. The summed E-state index contributed by atoms with van der Waals surface area (Å²) in [7, 11) is -4.06. The molecule has 4 fully saturated rings. The molecule has 0 bridgehead atoms. The first kappa shape index (κ1) is 30.6. The van der Waals surface area contributed by atoms with Crippen LogP contribution in [-0.2, 0) is 14.8 Å². The Bertz CT molecular complexity index is 1200. The van der Waals surface area contributed by atoms with Gasteiger partial charge in [0.1, 0.15) is 5.75 Å². The number of rotatable bonds is 7. The number of carbonyl (C=O) groups excluding carboxylic acids is 1. The van der Waals surface area contributed by atoms with E-state index in [0.717, 1.165) is 51.4 Å². The smallest absolute Gasteiger partial charge is 0.421 e. The lowest BCUT2D eigenvalue weighted by atomic mass is 9.43. The van der Waals surface area contributed by atoms with E-state index in [1.54, 1.807) is 12.1 Å². The molecule has 9 heteroatoms. The Hall–Kier alpha value is -1.84. The lowest BCUT2D eigenvalue weighted by Gasteiger charge is -2.62. The van der Waals surface area contributed by atoms with Gasteiger partial charge < -0.3 is 19.7 Å². The maximum atomic E-state index is 12.7. The highest BCUT2D eigenvalue weighted by Gasteiger charge is 2.62. The molecule has 10 atom stereocenters. The Morgan fingerprint density at radius 3 is 2.32 bits per heavy atom. The third kappa shape index (κ3) is 5.75. The molecule has 4 saturated carbocycles. The molecule has 0 radical (unpaired) electrons. The Kier molecular flexibility index (Phi) is 8.47. The molecular formula is C32H49NO7S. The summed E-state index contributed by atoms with van der Waals surface area (Å²) in [4.78, 5) is 12.5. The van der Waals surface area contributed by atoms with Crippen molar-refractivity contribution in [3.05, 3.63) is 24.3 Å². The molecule has 0 unspecified atom stereocenters. The van der Waals surface area contributed by atoms with E-state index in [1.807, 2.05) is 18.6 Å². The quantitative estimate of drug-likeness (QED) is 0.382. The zero-order valence-electron chi connectivity index (χ0n) is 25.2. The molecule has 0 saturated heterocycles. The summed E-state index contributed by atoms with van der Waals surface area (Å²) >= 11 is 0. The first-order valence-corrected chi connectivity index (χ1v) is 17.1. The highest BCUT2D eigenvalue weighted by atomic mass is 32.2. The van der Waals surface area contributed by atoms with Crippen LogP contribution in [0.5, 0.6) is 5.75 Å². The fourth-order valence-corrected chi connectivity index (χ4v) is 10.6. The molecule has 1 amide bonds. The lowest BCUT2D eigenvalue weighted by molar-refractivity contribution is -0.174. The molecule has 4 aliphatic rings. The van der Waals surface area contributed by atoms with Gasteiger partial charge in [0.2, 0.25) is 0 Å². The number of aliphatic hydroxyl groups excluding tert-OH is 2. The van der Waals surface area contributed by atoms with E-state index in [2.05, 4.69) is 20.8 Å². The second-order valence-electron chi connectivity index (χ2n) is 14.3. The molecule has 3 N–H and O–H groups in total. The molecule has 1 aromatic carbocycles. The van der Waals surface area contributed by atoms with E-state index >= 15 is 0 Å². The fraction of sp³-hybridized carbons (Fsp3) is 0.781. The van der Waals surface area contributed by atoms with Crippen LogP contribution in [0.1, 0.15) is 86.0 Å². The van der Waals surface area contributed by atoms with Crippen LogP contribution in [0.25, 0.3) is 0 Å².